The fourth-order valence-electron chi connectivity index (χ4n) is 5.61. The van der Waals surface area contributed by atoms with Crippen molar-refractivity contribution >= 4 is 17.5 Å². The summed E-state index contributed by atoms with van der Waals surface area (Å²) in [5.41, 5.74) is 1.29. The molecule has 0 aliphatic carbocycles. The standard InChI is InChI=1S/C29H37F3N4O3/c1-19(2)22-6-4-5-7-23(22)29(27(38)34-24-9-8-20(3)33-26(24)39-28(31)32)17-36(18-29)25(37)16-21-10-13-35(14-11-21)15-12-30/h4-9,19,21,28H,10-18H2,1-3H3,(H,34,38). The number of aryl methyl sites for hydroxylation is 1. The van der Waals surface area contributed by atoms with Crippen LogP contribution in [0.3, 0.4) is 0 Å². The second kappa shape index (κ2) is 12.4. The molecule has 1 aromatic carbocycles. The van der Waals surface area contributed by atoms with Gasteiger partial charge in [0.15, 0.2) is 0 Å². The van der Waals surface area contributed by atoms with Crippen molar-refractivity contribution in [2.75, 3.05) is 44.7 Å². The lowest BCUT2D eigenvalue weighted by Gasteiger charge is -2.50. The Balaban J connectivity index is 1.54. The third-order valence-corrected chi connectivity index (χ3v) is 7.83. The van der Waals surface area contributed by atoms with Crippen LogP contribution in [0.15, 0.2) is 36.4 Å². The lowest BCUT2D eigenvalue weighted by Crippen LogP contribution is -2.66. The molecule has 10 heteroatoms. The van der Waals surface area contributed by atoms with E-state index in [1.54, 1.807) is 17.9 Å². The molecule has 0 spiro atoms. The van der Waals surface area contributed by atoms with E-state index >= 15 is 0 Å². The molecule has 2 saturated heterocycles. The Morgan fingerprint density at radius 1 is 1.13 bits per heavy atom. The number of carbonyl (C=O) groups is 2. The number of pyridine rings is 1. The van der Waals surface area contributed by atoms with Crippen LogP contribution in [0.4, 0.5) is 18.9 Å². The molecular weight excluding hydrogens is 509 g/mol. The summed E-state index contributed by atoms with van der Waals surface area (Å²) < 4.78 is 43.3. The summed E-state index contributed by atoms with van der Waals surface area (Å²) in [6, 6.07) is 10.8. The predicted molar refractivity (Wildman–Crippen MR) is 143 cm³/mol. The molecule has 2 aromatic rings. The summed E-state index contributed by atoms with van der Waals surface area (Å²) in [6.07, 6.45) is 2.07. The minimum Gasteiger partial charge on any atom is -0.415 e. The summed E-state index contributed by atoms with van der Waals surface area (Å²) in [5.74, 6) is -0.402. The third-order valence-electron chi connectivity index (χ3n) is 7.83. The van der Waals surface area contributed by atoms with Gasteiger partial charge in [-0.3, -0.25) is 9.59 Å². The SMILES string of the molecule is Cc1ccc(NC(=O)C2(c3ccccc3C(C)C)CN(C(=O)CC3CCN(CCF)CC3)C2)c(OC(F)F)n1. The average Bonchev–Trinajstić information content (AvgIpc) is 2.86. The van der Waals surface area contributed by atoms with Gasteiger partial charge in [0, 0.05) is 31.7 Å². The van der Waals surface area contributed by atoms with Crippen molar-refractivity contribution in [2.24, 2.45) is 5.92 Å². The molecule has 1 N–H and O–H groups in total. The van der Waals surface area contributed by atoms with Gasteiger partial charge < -0.3 is 19.9 Å². The van der Waals surface area contributed by atoms with E-state index in [1.807, 2.05) is 38.1 Å². The van der Waals surface area contributed by atoms with Crippen LogP contribution in [0.2, 0.25) is 0 Å². The highest BCUT2D eigenvalue weighted by Crippen LogP contribution is 2.41. The van der Waals surface area contributed by atoms with Crippen LogP contribution < -0.4 is 10.1 Å². The van der Waals surface area contributed by atoms with Crippen molar-refractivity contribution in [3.8, 4) is 5.88 Å². The number of likely N-dealkylation sites (tertiary alicyclic amines) is 2. The number of aromatic nitrogens is 1. The van der Waals surface area contributed by atoms with E-state index in [-0.39, 0.29) is 49.1 Å². The molecule has 7 nitrogen and oxygen atoms in total. The van der Waals surface area contributed by atoms with Crippen LogP contribution in [0, 0.1) is 12.8 Å². The number of carbonyl (C=O) groups excluding carboxylic acids is 2. The Bertz CT molecular complexity index is 1160. The smallest absolute Gasteiger partial charge is 0.388 e. The van der Waals surface area contributed by atoms with E-state index < -0.39 is 17.9 Å². The van der Waals surface area contributed by atoms with Gasteiger partial charge in [0.2, 0.25) is 17.7 Å². The number of nitrogens with zero attached hydrogens (tertiary/aromatic N) is 3. The first-order valence-corrected chi connectivity index (χ1v) is 13.5. The molecular formula is C29H37F3N4O3. The highest BCUT2D eigenvalue weighted by molar-refractivity contribution is 6.02. The molecule has 39 heavy (non-hydrogen) atoms. The minimum atomic E-state index is -3.09. The molecule has 2 amide bonds. The Kier molecular flexibility index (Phi) is 9.15. The molecule has 0 bridgehead atoms. The summed E-state index contributed by atoms with van der Waals surface area (Å²) >= 11 is 0. The van der Waals surface area contributed by atoms with E-state index in [0.29, 0.717) is 18.7 Å². The maximum absolute atomic E-state index is 13.9. The van der Waals surface area contributed by atoms with Gasteiger partial charge in [0.1, 0.15) is 17.8 Å². The third kappa shape index (κ3) is 6.54. The highest BCUT2D eigenvalue weighted by Gasteiger charge is 2.53. The monoisotopic (exact) mass is 546 g/mol. The molecule has 2 fully saturated rings. The van der Waals surface area contributed by atoms with Gasteiger partial charge in [-0.15, -0.1) is 0 Å². The highest BCUT2D eigenvalue weighted by atomic mass is 19.3. The zero-order chi connectivity index (χ0) is 28.2. The van der Waals surface area contributed by atoms with Crippen molar-refractivity contribution < 1.29 is 27.5 Å². The zero-order valence-corrected chi connectivity index (χ0v) is 22.8. The molecule has 2 aliphatic heterocycles. The van der Waals surface area contributed by atoms with Gasteiger partial charge in [0.05, 0.1) is 0 Å². The Morgan fingerprint density at radius 3 is 2.46 bits per heavy atom. The lowest BCUT2D eigenvalue weighted by molar-refractivity contribution is -0.145. The van der Waals surface area contributed by atoms with Crippen LogP contribution >= 0.6 is 0 Å². The van der Waals surface area contributed by atoms with E-state index in [4.69, 9.17) is 0 Å². The van der Waals surface area contributed by atoms with Gasteiger partial charge >= 0.3 is 6.61 Å². The number of amides is 2. The van der Waals surface area contributed by atoms with E-state index in [2.05, 4.69) is 19.9 Å². The number of nitrogens with one attached hydrogen (secondary N) is 1. The number of hydrogen-bond donors (Lipinski definition) is 1. The first-order valence-electron chi connectivity index (χ1n) is 13.5. The lowest BCUT2D eigenvalue weighted by atomic mass is 9.69. The van der Waals surface area contributed by atoms with Gasteiger partial charge in [-0.05, 0) is 68.0 Å². The summed E-state index contributed by atoms with van der Waals surface area (Å²) in [7, 11) is 0. The minimum absolute atomic E-state index is 0.0110. The molecule has 0 radical (unpaired) electrons. The Labute approximate surface area is 227 Å². The normalized spacial score (nSPS) is 17.8. The van der Waals surface area contributed by atoms with Crippen LogP contribution in [0.1, 0.15) is 55.8 Å². The van der Waals surface area contributed by atoms with Crippen LogP contribution in [-0.2, 0) is 15.0 Å². The maximum Gasteiger partial charge on any atom is 0.388 e. The molecule has 2 aliphatic rings. The molecule has 0 saturated carbocycles. The van der Waals surface area contributed by atoms with Gasteiger partial charge in [0.25, 0.3) is 0 Å². The van der Waals surface area contributed by atoms with Crippen molar-refractivity contribution in [1.29, 1.82) is 0 Å². The van der Waals surface area contributed by atoms with Crippen molar-refractivity contribution in [3.05, 3.63) is 53.2 Å². The Morgan fingerprint density at radius 2 is 1.82 bits per heavy atom. The number of rotatable bonds is 10. The predicted octanol–water partition coefficient (Wildman–Crippen LogP) is 4.91. The first kappa shape index (κ1) is 28.9. The summed E-state index contributed by atoms with van der Waals surface area (Å²) in [6.45, 7) is 4.63. The fourth-order valence-corrected chi connectivity index (χ4v) is 5.61. The Hall–Kier alpha value is -3.14. The average molecular weight is 547 g/mol. The molecule has 1 aromatic heterocycles. The summed E-state index contributed by atoms with van der Waals surface area (Å²) in [5, 5.41) is 2.77. The zero-order valence-electron chi connectivity index (χ0n) is 22.8. The van der Waals surface area contributed by atoms with Gasteiger partial charge in [-0.2, -0.15) is 8.78 Å². The second-order valence-corrected chi connectivity index (χ2v) is 10.9. The van der Waals surface area contributed by atoms with E-state index in [9.17, 15) is 22.8 Å². The second-order valence-electron chi connectivity index (χ2n) is 10.9. The van der Waals surface area contributed by atoms with Gasteiger partial charge in [-0.1, -0.05) is 38.1 Å². The van der Waals surface area contributed by atoms with E-state index in [1.165, 1.54) is 6.07 Å². The number of anilines is 1. The van der Waals surface area contributed by atoms with Crippen molar-refractivity contribution in [1.82, 2.24) is 14.8 Å². The molecule has 0 atom stereocenters. The number of hydrogen-bond acceptors (Lipinski definition) is 5. The quantitative estimate of drug-likeness (QED) is 0.459. The number of piperidine rings is 1. The van der Waals surface area contributed by atoms with Crippen LogP contribution in [0.25, 0.3) is 0 Å². The van der Waals surface area contributed by atoms with Gasteiger partial charge in [-0.25, -0.2) is 9.37 Å². The molecule has 4 rings (SSSR count). The molecule has 212 valence electrons. The number of alkyl halides is 3. The van der Waals surface area contributed by atoms with Crippen molar-refractivity contribution in [3.63, 3.8) is 0 Å². The fraction of sp³-hybridized carbons (Fsp3) is 0.552. The first-order chi connectivity index (χ1) is 18.6. The summed E-state index contributed by atoms with van der Waals surface area (Å²) in [4.78, 5) is 35.0. The number of benzene rings is 1. The largest absolute Gasteiger partial charge is 0.415 e. The van der Waals surface area contributed by atoms with Crippen LogP contribution in [-0.4, -0.2) is 72.6 Å². The van der Waals surface area contributed by atoms with E-state index in [0.717, 1.165) is 37.1 Å². The molecule has 3 heterocycles. The topological polar surface area (TPSA) is 74.8 Å². The van der Waals surface area contributed by atoms with Crippen molar-refractivity contribution in [2.45, 2.75) is 58.0 Å². The van der Waals surface area contributed by atoms with Crippen LogP contribution in [0.5, 0.6) is 5.88 Å². The number of ether oxygens (including phenoxy) is 1. The molecule has 0 unspecified atom stereocenters. The maximum atomic E-state index is 13.9. The number of halogens is 3.